The van der Waals surface area contributed by atoms with Gasteiger partial charge in [0.15, 0.2) is 0 Å². The second-order valence-corrected chi connectivity index (χ2v) is 0. The molecule has 8 N–H and O–H groups in total. The topological polar surface area (TPSA) is 126 Å². The van der Waals surface area contributed by atoms with Crippen molar-refractivity contribution >= 4 is 92.2 Å². The van der Waals surface area contributed by atoms with Crippen LogP contribution in [0.15, 0.2) is 0 Å². The first-order chi connectivity index (χ1) is 0. The summed E-state index contributed by atoms with van der Waals surface area (Å²) in [7, 11) is 0. The minimum atomic E-state index is 0. The van der Waals surface area contributed by atoms with E-state index in [1.54, 1.807) is 0 Å². The van der Waals surface area contributed by atoms with Gasteiger partial charge in [0.1, 0.15) is 0 Å². The summed E-state index contributed by atoms with van der Waals surface area (Å²) >= 11 is 0. The molecule has 0 spiro atoms. The average molecular weight is 209 g/mol. The minimum Gasteiger partial charge on any atom is -1.00 e. The van der Waals surface area contributed by atoms with Gasteiger partial charge in [-0.3, -0.25) is 0 Å². The molecule has 0 atom stereocenters. The van der Waals surface area contributed by atoms with Gasteiger partial charge in [0.2, 0.25) is 0 Å². The minimum absolute atomic E-state index is 0. The van der Waals surface area contributed by atoms with E-state index in [0.717, 1.165) is 0 Å². The van der Waals surface area contributed by atoms with Crippen LogP contribution in [0.1, 0.15) is 23.4 Å². The van der Waals surface area contributed by atoms with Crippen molar-refractivity contribution < 1.29 is 30.5 Å². The molecule has 0 heterocycles. The number of rotatable bonds is 0. The zero-order valence-corrected chi connectivity index (χ0v) is 10.5. The van der Waals surface area contributed by atoms with E-state index in [-0.39, 0.29) is 138 Å². The maximum atomic E-state index is 0. The van der Waals surface area contributed by atoms with Gasteiger partial charge >= 0.3 is 92.2 Å². The fourth-order valence-corrected chi connectivity index (χ4v) is 0. The second kappa shape index (κ2) is 168. The fraction of sp³-hybridized carbons (Fsp3) is 1.00. The van der Waals surface area contributed by atoms with E-state index in [9.17, 15) is 0 Å². The van der Waals surface area contributed by atoms with Gasteiger partial charge in [-0.2, -0.15) is 0 Å². The number of hydrogen-bond donors (Lipinski definition) is 0. The van der Waals surface area contributed by atoms with Gasteiger partial charge in [-0.15, -0.1) is 0 Å². The monoisotopic (exact) mass is 208 g/mol. The molecule has 0 saturated heterocycles. The van der Waals surface area contributed by atoms with E-state index in [2.05, 4.69) is 0 Å². The first-order valence-electron chi connectivity index (χ1n) is 0. The predicted octanol–water partition coefficient (Wildman–Crippen LogP) is -2.61. The summed E-state index contributed by atoms with van der Waals surface area (Å²) in [6.07, 6.45) is 0. The first kappa shape index (κ1) is 217. The molecular weight excluding hydrogens is 185 g/mol. The molecule has 0 aliphatic rings. The van der Waals surface area contributed by atoms with Crippen molar-refractivity contribution in [3.8, 4) is 0 Å². The summed E-state index contributed by atoms with van der Waals surface area (Å²) in [6.45, 7) is 0. The van der Waals surface area contributed by atoms with E-state index in [4.69, 9.17) is 0 Å². The smallest absolute Gasteiger partial charge is 1.00 e. The summed E-state index contributed by atoms with van der Waals surface area (Å²) in [5.74, 6) is 0. The van der Waals surface area contributed by atoms with Crippen molar-refractivity contribution in [1.82, 2.24) is 0 Å². The van der Waals surface area contributed by atoms with E-state index in [1.807, 2.05) is 0 Å². The van der Waals surface area contributed by atoms with Crippen LogP contribution in [0, 0.1) is 0 Å². The molecule has 0 aromatic heterocycles. The van der Waals surface area contributed by atoms with Crippen LogP contribution in [0.3, 0.4) is 0 Å². The Morgan fingerprint density at radius 3 is 0.500 bits per heavy atom. The normalized spacial score (nSPS) is 0. The summed E-state index contributed by atoms with van der Waals surface area (Å²) in [5.41, 5.74) is 0. The molecule has 0 aliphatic carbocycles. The van der Waals surface area contributed by atoms with Crippen LogP contribution in [0.4, 0.5) is 0 Å². The van der Waals surface area contributed by atoms with E-state index in [1.165, 1.54) is 0 Å². The van der Waals surface area contributed by atoms with Gasteiger partial charge in [0, 0.05) is 2.85 Å². The van der Waals surface area contributed by atoms with Gasteiger partial charge in [0.25, 0.3) is 0 Å². The molecule has 0 unspecified atom stereocenters. The molecule has 8 heteroatoms. The molecule has 0 amide bonds. The van der Waals surface area contributed by atoms with Crippen molar-refractivity contribution in [2.75, 3.05) is 0 Å². The SMILES string of the molecule is C.C.O.O.O.O.[H-].[H-].[H-].[H-].[HH].[HH].[Mg+2].[Mg+2].[Mg+2].[Mg+2]. The quantitative estimate of drug-likeness (QED) is 0.388. The summed E-state index contributed by atoms with van der Waals surface area (Å²) in [4.78, 5) is 0. The van der Waals surface area contributed by atoms with E-state index in [0.29, 0.717) is 0 Å². The Morgan fingerprint density at radius 1 is 0.500 bits per heavy atom. The first-order valence-corrected chi connectivity index (χ1v) is 0. The van der Waals surface area contributed by atoms with Crippen molar-refractivity contribution in [2.45, 2.75) is 14.9 Å². The molecule has 0 bridgehead atoms. The standard InChI is InChI=1S/2CH4.4Mg.4H2O.2H2.4H/h2*1H4;;;;;4*1H2;2*1H;;;;/q;;4*+2;;;;;;;4*-1. The van der Waals surface area contributed by atoms with Crippen molar-refractivity contribution in [2.24, 2.45) is 0 Å². The summed E-state index contributed by atoms with van der Waals surface area (Å²) in [6, 6.07) is 0. The third-order valence-electron chi connectivity index (χ3n) is 0. The molecular formula is C2H24Mg4O4+4. The van der Waals surface area contributed by atoms with Crippen LogP contribution in [0.25, 0.3) is 0 Å². The molecule has 4 nitrogen and oxygen atoms in total. The second-order valence-electron chi connectivity index (χ2n) is 0. The Morgan fingerprint density at radius 2 is 0.500 bits per heavy atom. The predicted molar refractivity (Wildman–Crippen MR) is 59.6 cm³/mol. The van der Waals surface area contributed by atoms with Crippen LogP contribution in [0.5, 0.6) is 0 Å². The van der Waals surface area contributed by atoms with Gasteiger partial charge in [-0.25, -0.2) is 0 Å². The summed E-state index contributed by atoms with van der Waals surface area (Å²) in [5, 5.41) is 0. The van der Waals surface area contributed by atoms with Crippen molar-refractivity contribution in [3.05, 3.63) is 0 Å². The largest absolute Gasteiger partial charge is 2.00 e. The van der Waals surface area contributed by atoms with Crippen LogP contribution in [0.2, 0.25) is 0 Å². The third-order valence-corrected chi connectivity index (χ3v) is 0. The van der Waals surface area contributed by atoms with Gasteiger partial charge in [-0.1, -0.05) is 14.9 Å². The Balaban J connectivity index is 0. The average Bonchev–Trinajstić information content (AvgIpc) is 0. The Bertz CT molecular complexity index is 30.5. The molecule has 0 aromatic carbocycles. The zero-order valence-electron chi connectivity index (χ0n) is 8.83. The Hall–Kier alpha value is 2.90. The van der Waals surface area contributed by atoms with Gasteiger partial charge in [-0.05, 0) is 0 Å². The van der Waals surface area contributed by atoms with Crippen LogP contribution >= 0.6 is 0 Å². The van der Waals surface area contributed by atoms with Crippen LogP contribution < -0.4 is 0 Å². The molecule has 10 heavy (non-hydrogen) atoms. The maximum Gasteiger partial charge on any atom is 2.00 e. The Labute approximate surface area is 136 Å². The number of hydrogen-bond acceptors (Lipinski definition) is 0. The van der Waals surface area contributed by atoms with Gasteiger partial charge in [0.05, 0.1) is 0 Å². The van der Waals surface area contributed by atoms with Crippen LogP contribution in [-0.4, -0.2) is 114 Å². The molecule has 0 radical (unpaired) electrons. The summed E-state index contributed by atoms with van der Waals surface area (Å²) < 4.78 is 0. The van der Waals surface area contributed by atoms with Gasteiger partial charge < -0.3 is 27.6 Å². The third kappa shape index (κ3) is 127. The van der Waals surface area contributed by atoms with Crippen LogP contribution in [-0.2, 0) is 0 Å². The maximum absolute atomic E-state index is 0. The van der Waals surface area contributed by atoms with Crippen molar-refractivity contribution in [1.29, 1.82) is 0 Å². The van der Waals surface area contributed by atoms with E-state index >= 15 is 0 Å². The van der Waals surface area contributed by atoms with Crippen molar-refractivity contribution in [3.63, 3.8) is 0 Å². The molecule has 0 rings (SSSR count). The van der Waals surface area contributed by atoms with E-state index < -0.39 is 0 Å². The Kier molecular flexibility index (Phi) is 3640. The zero-order chi connectivity index (χ0) is 0. The molecule has 0 saturated carbocycles. The molecule has 0 aliphatic heterocycles. The molecule has 0 aromatic rings. The molecule has 0 fully saturated rings. The molecule has 60 valence electrons. The fourth-order valence-electron chi connectivity index (χ4n) is 0.